The number of piperidine rings is 1. The van der Waals surface area contributed by atoms with E-state index in [1.54, 1.807) is 28.6 Å². The normalized spacial score (nSPS) is 24.5. The highest BCUT2D eigenvalue weighted by Gasteiger charge is 2.27. The second-order valence-electron chi connectivity index (χ2n) is 7.44. The first kappa shape index (κ1) is 19.3. The monoisotopic (exact) mass is 379 g/mol. The molecule has 2 aliphatic rings. The van der Waals surface area contributed by atoms with Gasteiger partial charge in [0, 0.05) is 32.1 Å². The fourth-order valence-corrected chi connectivity index (χ4v) is 5.38. The maximum absolute atomic E-state index is 12.6. The third kappa shape index (κ3) is 4.64. The number of nitrogens with one attached hydrogen (secondary N) is 1. The van der Waals surface area contributed by atoms with E-state index in [2.05, 4.69) is 5.32 Å². The Morgan fingerprint density at radius 3 is 2.38 bits per heavy atom. The number of nitrogens with two attached hydrogens (primary N) is 1. The summed E-state index contributed by atoms with van der Waals surface area (Å²) in [5, 5.41) is 2.91. The molecule has 26 heavy (non-hydrogen) atoms. The fraction of sp³-hybridized carbons (Fsp3) is 0.632. The predicted molar refractivity (Wildman–Crippen MR) is 101 cm³/mol. The van der Waals surface area contributed by atoms with E-state index in [-0.39, 0.29) is 17.9 Å². The van der Waals surface area contributed by atoms with Crippen LogP contribution in [0.2, 0.25) is 0 Å². The van der Waals surface area contributed by atoms with E-state index < -0.39 is 10.0 Å². The largest absolute Gasteiger partial charge is 0.352 e. The van der Waals surface area contributed by atoms with Crippen molar-refractivity contribution in [3.8, 4) is 0 Å². The van der Waals surface area contributed by atoms with Crippen LogP contribution < -0.4 is 11.1 Å². The van der Waals surface area contributed by atoms with Gasteiger partial charge in [0.1, 0.15) is 0 Å². The molecule has 1 aliphatic heterocycles. The smallest absolute Gasteiger partial charge is 0.243 e. The maximum atomic E-state index is 12.6. The number of hydrogen-bond acceptors (Lipinski definition) is 4. The molecule has 1 saturated carbocycles. The highest BCUT2D eigenvalue weighted by molar-refractivity contribution is 7.89. The van der Waals surface area contributed by atoms with Gasteiger partial charge in [-0.25, -0.2) is 8.42 Å². The molecule has 1 aliphatic carbocycles. The zero-order chi connectivity index (χ0) is 18.6. The molecule has 144 valence electrons. The van der Waals surface area contributed by atoms with Crippen molar-refractivity contribution in [3.05, 3.63) is 29.8 Å². The molecule has 1 aromatic carbocycles. The molecule has 7 heteroatoms. The van der Waals surface area contributed by atoms with Gasteiger partial charge in [-0.05, 0) is 49.3 Å². The van der Waals surface area contributed by atoms with Crippen LogP contribution in [0, 0.1) is 5.92 Å². The summed E-state index contributed by atoms with van der Waals surface area (Å²) in [5.41, 5.74) is 6.91. The number of hydrogen-bond donors (Lipinski definition) is 2. The number of rotatable bonds is 6. The summed E-state index contributed by atoms with van der Waals surface area (Å²) in [6, 6.07) is 6.97. The minimum atomic E-state index is -3.40. The minimum absolute atomic E-state index is 0.0114. The summed E-state index contributed by atoms with van der Waals surface area (Å²) >= 11 is 0. The molecule has 3 N–H and O–H groups in total. The Morgan fingerprint density at radius 2 is 1.77 bits per heavy atom. The van der Waals surface area contributed by atoms with Crippen LogP contribution in [0.4, 0.5) is 0 Å². The molecular weight excluding hydrogens is 350 g/mol. The predicted octanol–water partition coefficient (Wildman–Crippen LogP) is 1.99. The molecule has 2 fully saturated rings. The zero-order valence-electron chi connectivity index (χ0n) is 15.2. The van der Waals surface area contributed by atoms with Gasteiger partial charge in [0.15, 0.2) is 0 Å². The number of nitrogens with zero attached hydrogens (tertiary/aromatic N) is 1. The first-order valence-electron chi connectivity index (χ1n) is 9.58. The average molecular weight is 380 g/mol. The van der Waals surface area contributed by atoms with Crippen LogP contribution >= 0.6 is 0 Å². The van der Waals surface area contributed by atoms with Gasteiger partial charge in [-0.3, -0.25) is 4.79 Å². The molecule has 0 radical (unpaired) electrons. The number of benzene rings is 1. The van der Waals surface area contributed by atoms with Gasteiger partial charge in [-0.15, -0.1) is 0 Å². The van der Waals surface area contributed by atoms with Crippen LogP contribution in [0.3, 0.4) is 0 Å². The minimum Gasteiger partial charge on any atom is -0.352 e. The Labute approximate surface area is 156 Å². The summed E-state index contributed by atoms with van der Waals surface area (Å²) in [5.74, 6) is 0.296. The van der Waals surface area contributed by atoms with Gasteiger partial charge in [-0.2, -0.15) is 4.31 Å². The van der Waals surface area contributed by atoms with Crippen LogP contribution in [-0.4, -0.2) is 37.8 Å². The number of sulfonamides is 1. The number of amides is 1. The maximum Gasteiger partial charge on any atom is 0.243 e. The molecule has 0 unspecified atom stereocenters. The van der Waals surface area contributed by atoms with Crippen LogP contribution in [0.15, 0.2) is 29.2 Å². The van der Waals surface area contributed by atoms with Crippen molar-refractivity contribution >= 4 is 15.9 Å². The fourth-order valence-electron chi connectivity index (χ4n) is 3.86. The lowest BCUT2D eigenvalue weighted by atomic mass is 10.00. The Balaban J connectivity index is 1.53. The third-order valence-electron chi connectivity index (χ3n) is 5.53. The molecule has 1 heterocycles. The molecule has 6 nitrogen and oxygen atoms in total. The first-order valence-corrected chi connectivity index (χ1v) is 11.0. The van der Waals surface area contributed by atoms with Crippen LogP contribution in [-0.2, 0) is 21.4 Å². The van der Waals surface area contributed by atoms with E-state index in [1.165, 1.54) is 0 Å². The van der Waals surface area contributed by atoms with Crippen molar-refractivity contribution in [3.63, 3.8) is 0 Å². The van der Waals surface area contributed by atoms with Crippen LogP contribution in [0.5, 0.6) is 0 Å². The third-order valence-corrected chi connectivity index (χ3v) is 7.44. The summed E-state index contributed by atoms with van der Waals surface area (Å²) in [4.78, 5) is 12.4. The number of carbonyl (C=O) groups excluding carboxylic acids is 1. The van der Waals surface area contributed by atoms with Gasteiger partial charge in [-0.1, -0.05) is 25.0 Å². The second kappa shape index (κ2) is 8.50. The van der Waals surface area contributed by atoms with E-state index in [4.69, 9.17) is 5.73 Å². The van der Waals surface area contributed by atoms with E-state index in [0.29, 0.717) is 31.0 Å². The Morgan fingerprint density at radius 1 is 1.08 bits per heavy atom. The van der Waals surface area contributed by atoms with Crippen molar-refractivity contribution in [2.24, 2.45) is 11.7 Å². The summed E-state index contributed by atoms with van der Waals surface area (Å²) in [7, 11) is -3.40. The molecule has 3 rings (SSSR count). The number of carbonyl (C=O) groups is 1. The van der Waals surface area contributed by atoms with Gasteiger partial charge in [0.25, 0.3) is 0 Å². The molecular formula is C19H29N3O3S. The Kier molecular flexibility index (Phi) is 6.32. The molecule has 2 atom stereocenters. The van der Waals surface area contributed by atoms with Gasteiger partial charge in [0.05, 0.1) is 4.90 Å². The average Bonchev–Trinajstić information content (AvgIpc) is 3.06. The lowest BCUT2D eigenvalue weighted by molar-refractivity contribution is -0.122. The Hall–Kier alpha value is -1.44. The summed E-state index contributed by atoms with van der Waals surface area (Å²) in [6.07, 6.45) is 6.55. The molecule has 1 amide bonds. The van der Waals surface area contributed by atoms with E-state index in [0.717, 1.165) is 44.1 Å². The molecule has 0 aromatic heterocycles. The van der Waals surface area contributed by atoms with Crippen molar-refractivity contribution in [2.75, 3.05) is 13.1 Å². The molecule has 0 bridgehead atoms. The van der Waals surface area contributed by atoms with Crippen LogP contribution in [0.25, 0.3) is 0 Å². The summed E-state index contributed by atoms with van der Waals surface area (Å²) in [6.45, 7) is 1.61. The van der Waals surface area contributed by atoms with E-state index in [9.17, 15) is 13.2 Å². The SMILES string of the molecule is N[C@@H]1CCC[C@H]1CC(=O)NCc1ccc(S(=O)(=O)N2CCCCC2)cc1. The van der Waals surface area contributed by atoms with Gasteiger partial charge < -0.3 is 11.1 Å². The highest BCUT2D eigenvalue weighted by Crippen LogP contribution is 2.26. The van der Waals surface area contributed by atoms with Crippen molar-refractivity contribution in [1.82, 2.24) is 9.62 Å². The van der Waals surface area contributed by atoms with E-state index >= 15 is 0 Å². The first-order chi connectivity index (χ1) is 12.5. The van der Waals surface area contributed by atoms with Crippen LogP contribution in [0.1, 0.15) is 50.5 Å². The second-order valence-corrected chi connectivity index (χ2v) is 9.38. The standard InChI is InChI=1S/C19H29N3O3S/c20-18-6-4-5-16(18)13-19(23)21-14-15-7-9-17(10-8-15)26(24,25)22-11-2-1-3-12-22/h7-10,16,18H,1-6,11-14,20H2,(H,21,23)/t16-,18+/m0/s1. The molecule has 1 aromatic rings. The topological polar surface area (TPSA) is 92.5 Å². The summed E-state index contributed by atoms with van der Waals surface area (Å²) < 4.78 is 26.8. The highest BCUT2D eigenvalue weighted by atomic mass is 32.2. The Bertz CT molecular complexity index is 712. The zero-order valence-corrected chi connectivity index (χ0v) is 16.0. The van der Waals surface area contributed by atoms with Crippen molar-refractivity contribution in [2.45, 2.75) is 62.4 Å². The molecule has 0 spiro atoms. The lowest BCUT2D eigenvalue weighted by Crippen LogP contribution is -2.35. The van der Waals surface area contributed by atoms with Gasteiger partial charge in [0.2, 0.25) is 15.9 Å². The van der Waals surface area contributed by atoms with E-state index in [1.807, 2.05) is 0 Å². The van der Waals surface area contributed by atoms with Gasteiger partial charge >= 0.3 is 0 Å². The lowest BCUT2D eigenvalue weighted by Gasteiger charge is -2.25. The quantitative estimate of drug-likeness (QED) is 0.791. The van der Waals surface area contributed by atoms with Crippen molar-refractivity contribution < 1.29 is 13.2 Å². The molecule has 1 saturated heterocycles. The van der Waals surface area contributed by atoms with Crippen molar-refractivity contribution in [1.29, 1.82) is 0 Å².